The van der Waals surface area contributed by atoms with Crippen molar-refractivity contribution in [3.8, 4) is 5.75 Å². The molecule has 0 bridgehead atoms. The summed E-state index contributed by atoms with van der Waals surface area (Å²) < 4.78 is 2.35. The Morgan fingerprint density at radius 3 is 2.79 bits per heavy atom. The van der Waals surface area contributed by atoms with Gasteiger partial charge >= 0.3 is 0 Å². The van der Waals surface area contributed by atoms with E-state index in [0.29, 0.717) is 11.6 Å². The van der Waals surface area contributed by atoms with Gasteiger partial charge in [0.05, 0.1) is 0 Å². The molecule has 0 saturated heterocycles. The summed E-state index contributed by atoms with van der Waals surface area (Å²) in [6.45, 7) is 11.6. The number of aromatic nitrogens is 1. The lowest BCUT2D eigenvalue weighted by atomic mass is 10.0. The van der Waals surface area contributed by atoms with Crippen LogP contribution >= 0.6 is 23.4 Å². The highest BCUT2D eigenvalue weighted by Crippen LogP contribution is 2.43. The highest BCUT2D eigenvalue weighted by atomic mass is 35.5. The van der Waals surface area contributed by atoms with Gasteiger partial charge in [-0.05, 0) is 48.4 Å². The molecule has 1 aromatic carbocycles. The number of allylic oxidation sites excluding steroid dienone is 5. The fourth-order valence-electron chi connectivity index (χ4n) is 4.11. The molecule has 2 aliphatic rings. The Hall–Kier alpha value is -2.37. The molecule has 2 unspecified atom stereocenters. The third-order valence-corrected chi connectivity index (χ3v) is 7.22. The first kappa shape index (κ1) is 24.7. The highest BCUT2D eigenvalue weighted by Gasteiger charge is 2.29. The van der Waals surface area contributed by atoms with Gasteiger partial charge in [-0.3, -0.25) is 5.48 Å². The number of hydrogen-bond donors (Lipinski definition) is 2. The maximum Gasteiger partial charge on any atom is 0.179 e. The van der Waals surface area contributed by atoms with Gasteiger partial charge in [0.1, 0.15) is 11.6 Å². The second-order valence-corrected chi connectivity index (χ2v) is 12.0. The molecule has 0 amide bonds. The zero-order valence-electron chi connectivity index (χ0n) is 20.4. The van der Waals surface area contributed by atoms with Crippen molar-refractivity contribution < 1.29 is 9.94 Å². The first-order valence-corrected chi connectivity index (χ1v) is 12.8. The van der Waals surface area contributed by atoms with Gasteiger partial charge in [-0.15, -0.1) is 17.5 Å². The molecule has 0 radical (unpaired) electrons. The summed E-state index contributed by atoms with van der Waals surface area (Å²) in [6, 6.07) is 5.64. The zero-order chi connectivity index (χ0) is 24.5. The molecule has 34 heavy (non-hydrogen) atoms. The molecule has 0 saturated carbocycles. The van der Waals surface area contributed by atoms with Gasteiger partial charge in [0.2, 0.25) is 0 Å². The SMILES string of the molecule is CCC1=NC(C(C)Cc2c(SC(C)(C)C)c3cc(O)ccc3n2CC2=CC=C(Cl)C=C=C2)ON1. The number of phenols is 1. The Balaban J connectivity index is 1.83. The predicted molar refractivity (Wildman–Crippen MR) is 142 cm³/mol. The Morgan fingerprint density at radius 2 is 2.09 bits per heavy atom. The first-order valence-electron chi connectivity index (χ1n) is 11.6. The van der Waals surface area contributed by atoms with Crippen molar-refractivity contribution in [1.82, 2.24) is 10.0 Å². The molecule has 1 aliphatic heterocycles. The molecule has 0 fully saturated rings. The molecule has 1 aromatic heterocycles. The highest BCUT2D eigenvalue weighted by molar-refractivity contribution is 8.00. The second-order valence-electron chi connectivity index (χ2n) is 9.75. The van der Waals surface area contributed by atoms with Crippen LogP contribution in [0.3, 0.4) is 0 Å². The van der Waals surface area contributed by atoms with Gasteiger partial charge in [-0.25, -0.2) is 9.83 Å². The van der Waals surface area contributed by atoms with Crippen molar-refractivity contribution in [2.75, 3.05) is 0 Å². The number of fused-ring (bicyclic) bond motifs is 1. The van der Waals surface area contributed by atoms with Crippen LogP contribution in [-0.2, 0) is 17.8 Å². The van der Waals surface area contributed by atoms with Gasteiger partial charge in [0.25, 0.3) is 0 Å². The number of hydrogen-bond acceptors (Lipinski definition) is 5. The summed E-state index contributed by atoms with van der Waals surface area (Å²) in [6.07, 6.45) is 9.05. The average Bonchev–Trinajstić information content (AvgIpc) is 3.28. The quantitative estimate of drug-likeness (QED) is 0.324. The zero-order valence-corrected chi connectivity index (χ0v) is 21.9. The van der Waals surface area contributed by atoms with E-state index in [2.05, 4.69) is 50.4 Å². The van der Waals surface area contributed by atoms with Gasteiger partial charge in [0, 0.05) is 50.2 Å². The van der Waals surface area contributed by atoms with Crippen molar-refractivity contribution in [3.63, 3.8) is 0 Å². The van der Waals surface area contributed by atoms with Crippen LogP contribution in [0.15, 0.2) is 68.7 Å². The number of nitrogens with zero attached hydrogens (tertiary/aromatic N) is 2. The van der Waals surface area contributed by atoms with E-state index in [4.69, 9.17) is 21.4 Å². The van der Waals surface area contributed by atoms with Crippen molar-refractivity contribution in [3.05, 3.63) is 64.5 Å². The van der Waals surface area contributed by atoms with Crippen LogP contribution in [0.4, 0.5) is 0 Å². The molecule has 7 heteroatoms. The van der Waals surface area contributed by atoms with Gasteiger partial charge in [-0.2, -0.15) is 0 Å². The lowest BCUT2D eigenvalue weighted by molar-refractivity contribution is 0.00511. The van der Waals surface area contributed by atoms with Crippen LogP contribution in [0.2, 0.25) is 0 Å². The average molecular weight is 498 g/mol. The number of phenolic OH excluding ortho intramolecular Hbond substituents is 1. The molecule has 1 aliphatic carbocycles. The van der Waals surface area contributed by atoms with Crippen molar-refractivity contribution in [2.24, 2.45) is 10.9 Å². The van der Waals surface area contributed by atoms with Crippen LogP contribution in [0.1, 0.15) is 46.7 Å². The van der Waals surface area contributed by atoms with Crippen LogP contribution in [0, 0.1) is 5.92 Å². The molecule has 180 valence electrons. The number of thioether (sulfide) groups is 1. The largest absolute Gasteiger partial charge is 0.508 e. The fraction of sp³-hybridized carbons (Fsp3) is 0.407. The summed E-state index contributed by atoms with van der Waals surface area (Å²) in [5.41, 5.74) is 9.53. The van der Waals surface area contributed by atoms with Crippen LogP contribution in [0.5, 0.6) is 5.75 Å². The number of rotatable bonds is 7. The lowest BCUT2D eigenvalue weighted by Crippen LogP contribution is -2.24. The second kappa shape index (κ2) is 10.1. The Morgan fingerprint density at radius 1 is 1.29 bits per heavy atom. The number of hydroxylamine groups is 1. The van der Waals surface area contributed by atoms with Crippen LogP contribution < -0.4 is 5.48 Å². The van der Waals surface area contributed by atoms with E-state index < -0.39 is 0 Å². The van der Waals surface area contributed by atoms with E-state index in [9.17, 15) is 5.11 Å². The number of halogens is 1. The molecule has 2 heterocycles. The summed E-state index contributed by atoms with van der Waals surface area (Å²) in [4.78, 5) is 11.7. The minimum Gasteiger partial charge on any atom is -0.508 e. The number of aliphatic imine (C=N–C) groups is 1. The lowest BCUT2D eigenvalue weighted by Gasteiger charge is -2.22. The normalized spacial score (nSPS) is 19.0. The van der Waals surface area contributed by atoms with E-state index >= 15 is 0 Å². The molecule has 2 atom stereocenters. The molecule has 2 aromatic rings. The van der Waals surface area contributed by atoms with Gasteiger partial charge < -0.3 is 9.67 Å². The monoisotopic (exact) mass is 497 g/mol. The van der Waals surface area contributed by atoms with Crippen LogP contribution in [0.25, 0.3) is 10.9 Å². The standard InChI is InChI=1S/C27H32ClN3O2S/c1-6-24-29-26(33-30-24)17(2)14-23-25(34-27(3,4)5)21-15-20(32)12-13-22(21)31(23)16-18-8-7-9-19(28)11-10-18/h8-13,15,17,26,32H,6,14,16H2,1-5H3,(H,29,30). The fourth-order valence-corrected chi connectivity index (χ4v) is 5.43. The van der Waals surface area contributed by atoms with Crippen molar-refractivity contribution in [1.29, 1.82) is 0 Å². The first-order chi connectivity index (χ1) is 16.1. The predicted octanol–water partition coefficient (Wildman–Crippen LogP) is 6.86. The van der Waals surface area contributed by atoms with E-state index in [-0.39, 0.29) is 22.6 Å². The number of amidine groups is 1. The minimum absolute atomic E-state index is 0.00198. The number of benzene rings is 1. The molecule has 5 nitrogen and oxygen atoms in total. The van der Waals surface area contributed by atoms with E-state index in [1.807, 2.05) is 42.1 Å². The Kier molecular flexibility index (Phi) is 7.34. The van der Waals surface area contributed by atoms with E-state index in [1.54, 1.807) is 12.1 Å². The van der Waals surface area contributed by atoms with E-state index in [1.165, 1.54) is 10.6 Å². The third-order valence-electron chi connectivity index (χ3n) is 5.72. The molecular weight excluding hydrogens is 466 g/mol. The Bertz CT molecular complexity index is 1240. The van der Waals surface area contributed by atoms with Gasteiger partial charge in [-0.1, -0.05) is 52.3 Å². The van der Waals surface area contributed by atoms with Crippen molar-refractivity contribution >= 4 is 40.1 Å². The van der Waals surface area contributed by atoms with Gasteiger partial charge in [0.15, 0.2) is 6.23 Å². The molecule has 4 rings (SSSR count). The van der Waals surface area contributed by atoms with Crippen LogP contribution in [-0.4, -0.2) is 26.5 Å². The molecular formula is C27H32ClN3O2S. The van der Waals surface area contributed by atoms with Crippen molar-refractivity contribution in [2.45, 2.75) is 69.9 Å². The summed E-state index contributed by atoms with van der Waals surface area (Å²) in [5, 5.41) is 12.1. The molecule has 0 spiro atoms. The van der Waals surface area contributed by atoms with E-state index in [0.717, 1.165) is 35.2 Å². The Labute approximate surface area is 210 Å². The summed E-state index contributed by atoms with van der Waals surface area (Å²) in [7, 11) is 0. The number of nitrogens with one attached hydrogen (secondary N) is 1. The minimum atomic E-state index is -0.232. The number of aromatic hydroxyl groups is 1. The topological polar surface area (TPSA) is 58.8 Å². The summed E-state index contributed by atoms with van der Waals surface area (Å²) >= 11 is 8.02. The maximum atomic E-state index is 10.3. The third kappa shape index (κ3) is 5.64. The maximum absolute atomic E-state index is 10.3. The molecule has 2 N–H and O–H groups in total. The summed E-state index contributed by atoms with van der Waals surface area (Å²) in [5.74, 6) is 1.31. The smallest absolute Gasteiger partial charge is 0.179 e.